The fourth-order valence-corrected chi connectivity index (χ4v) is 6.31. The molecule has 2 aliphatic heterocycles. The average molecular weight is 379 g/mol. The standard InChI is InChI=1S/C25H34N2O/c1-28-24-14-13-19-8-5-6-11-21(19)22(24)18-27-17-16-26-15-7-12-23(26)25(27)20-9-3-2-4-10-20/h5-6,8,11,13-14,20,23,25H,2-4,7,9-10,12,15-18H2,1H3. The van der Waals surface area contributed by atoms with Crippen LogP contribution in [0.5, 0.6) is 5.75 Å². The molecule has 5 rings (SSSR count). The Hall–Kier alpha value is -1.58. The van der Waals surface area contributed by atoms with Crippen molar-refractivity contribution in [3.8, 4) is 5.75 Å². The van der Waals surface area contributed by atoms with Crippen LogP contribution in [0.15, 0.2) is 36.4 Å². The lowest BCUT2D eigenvalue weighted by Gasteiger charge is -2.49. The number of methoxy groups -OCH3 is 1. The molecule has 2 aromatic carbocycles. The summed E-state index contributed by atoms with van der Waals surface area (Å²) in [7, 11) is 1.82. The van der Waals surface area contributed by atoms with E-state index in [1.165, 1.54) is 80.9 Å². The minimum atomic E-state index is 0.722. The smallest absolute Gasteiger partial charge is 0.123 e. The van der Waals surface area contributed by atoms with Crippen LogP contribution in [0.1, 0.15) is 50.5 Å². The quantitative estimate of drug-likeness (QED) is 0.738. The molecule has 3 fully saturated rings. The maximum Gasteiger partial charge on any atom is 0.123 e. The number of piperazine rings is 1. The van der Waals surface area contributed by atoms with E-state index in [9.17, 15) is 0 Å². The fourth-order valence-electron chi connectivity index (χ4n) is 6.31. The molecule has 150 valence electrons. The van der Waals surface area contributed by atoms with E-state index in [1.54, 1.807) is 0 Å². The molecule has 1 saturated carbocycles. The van der Waals surface area contributed by atoms with Crippen molar-refractivity contribution < 1.29 is 4.74 Å². The van der Waals surface area contributed by atoms with Crippen molar-refractivity contribution in [3.05, 3.63) is 42.0 Å². The lowest BCUT2D eigenvalue weighted by molar-refractivity contribution is -0.00388. The number of hydrogen-bond donors (Lipinski definition) is 0. The van der Waals surface area contributed by atoms with Crippen LogP contribution >= 0.6 is 0 Å². The van der Waals surface area contributed by atoms with Crippen molar-refractivity contribution in [1.29, 1.82) is 0 Å². The number of benzene rings is 2. The Morgan fingerprint density at radius 1 is 0.893 bits per heavy atom. The normalized spacial score (nSPS) is 27.2. The summed E-state index contributed by atoms with van der Waals surface area (Å²) in [5, 5.41) is 2.69. The van der Waals surface area contributed by atoms with Gasteiger partial charge >= 0.3 is 0 Å². The number of hydrogen-bond acceptors (Lipinski definition) is 3. The minimum Gasteiger partial charge on any atom is -0.496 e. The topological polar surface area (TPSA) is 15.7 Å². The Kier molecular flexibility index (Phi) is 5.30. The van der Waals surface area contributed by atoms with Gasteiger partial charge in [0.05, 0.1) is 7.11 Å². The van der Waals surface area contributed by atoms with Gasteiger partial charge in [-0.2, -0.15) is 0 Å². The zero-order valence-electron chi connectivity index (χ0n) is 17.3. The Balaban J connectivity index is 1.50. The van der Waals surface area contributed by atoms with Crippen LogP contribution in [-0.2, 0) is 6.54 Å². The third-order valence-corrected chi connectivity index (χ3v) is 7.62. The third-order valence-electron chi connectivity index (χ3n) is 7.62. The van der Waals surface area contributed by atoms with Gasteiger partial charge in [-0.1, -0.05) is 49.6 Å². The van der Waals surface area contributed by atoms with E-state index in [1.807, 2.05) is 7.11 Å². The van der Waals surface area contributed by atoms with Crippen LogP contribution in [0.4, 0.5) is 0 Å². The van der Waals surface area contributed by atoms with Gasteiger partial charge < -0.3 is 4.74 Å². The molecule has 2 heterocycles. The fraction of sp³-hybridized carbons (Fsp3) is 0.600. The first-order valence-electron chi connectivity index (χ1n) is 11.4. The second kappa shape index (κ2) is 8.04. The monoisotopic (exact) mass is 378 g/mol. The summed E-state index contributed by atoms with van der Waals surface area (Å²) < 4.78 is 5.83. The van der Waals surface area contributed by atoms with Crippen LogP contribution in [0, 0.1) is 5.92 Å². The van der Waals surface area contributed by atoms with Gasteiger partial charge in [0.2, 0.25) is 0 Å². The second-order valence-electron chi connectivity index (χ2n) is 9.07. The highest BCUT2D eigenvalue weighted by atomic mass is 16.5. The predicted octanol–water partition coefficient (Wildman–Crippen LogP) is 5.08. The molecule has 3 nitrogen and oxygen atoms in total. The zero-order valence-corrected chi connectivity index (χ0v) is 17.3. The van der Waals surface area contributed by atoms with Crippen molar-refractivity contribution >= 4 is 10.8 Å². The molecule has 3 aliphatic rings. The van der Waals surface area contributed by atoms with E-state index >= 15 is 0 Å². The lowest BCUT2D eigenvalue weighted by Crippen LogP contribution is -2.59. The highest BCUT2D eigenvalue weighted by molar-refractivity contribution is 5.87. The number of rotatable bonds is 4. The Labute approximate surface area is 169 Å². The Bertz CT molecular complexity index is 813. The van der Waals surface area contributed by atoms with Gasteiger partial charge in [-0.15, -0.1) is 0 Å². The van der Waals surface area contributed by atoms with Crippen molar-refractivity contribution in [2.45, 2.75) is 63.6 Å². The first-order valence-corrected chi connectivity index (χ1v) is 11.4. The molecule has 2 atom stereocenters. The van der Waals surface area contributed by atoms with Crippen LogP contribution in [-0.4, -0.2) is 48.6 Å². The van der Waals surface area contributed by atoms with Crippen molar-refractivity contribution in [3.63, 3.8) is 0 Å². The highest BCUT2D eigenvalue weighted by Crippen LogP contribution is 2.39. The van der Waals surface area contributed by atoms with Crippen LogP contribution in [0.2, 0.25) is 0 Å². The van der Waals surface area contributed by atoms with E-state index in [-0.39, 0.29) is 0 Å². The summed E-state index contributed by atoms with van der Waals surface area (Å²) in [6.45, 7) is 4.78. The van der Waals surface area contributed by atoms with E-state index in [0.717, 1.165) is 30.3 Å². The summed E-state index contributed by atoms with van der Waals surface area (Å²) >= 11 is 0. The van der Waals surface area contributed by atoms with Crippen molar-refractivity contribution in [1.82, 2.24) is 9.80 Å². The molecule has 3 heteroatoms. The van der Waals surface area contributed by atoms with Crippen LogP contribution in [0.25, 0.3) is 10.8 Å². The first kappa shape index (κ1) is 18.4. The molecule has 2 saturated heterocycles. The highest BCUT2D eigenvalue weighted by Gasteiger charge is 2.43. The molecule has 0 spiro atoms. The Morgan fingerprint density at radius 3 is 2.61 bits per heavy atom. The maximum absolute atomic E-state index is 5.83. The molecule has 0 bridgehead atoms. The summed E-state index contributed by atoms with van der Waals surface area (Å²) in [4.78, 5) is 5.64. The molecular weight excluding hydrogens is 344 g/mol. The van der Waals surface area contributed by atoms with Gasteiger partial charge in [0.15, 0.2) is 0 Å². The van der Waals surface area contributed by atoms with Gasteiger partial charge in [0, 0.05) is 37.3 Å². The molecule has 0 radical (unpaired) electrons. The van der Waals surface area contributed by atoms with Gasteiger partial charge in [-0.3, -0.25) is 9.80 Å². The van der Waals surface area contributed by atoms with E-state index in [0.29, 0.717) is 0 Å². The van der Waals surface area contributed by atoms with E-state index in [2.05, 4.69) is 46.2 Å². The summed E-state index contributed by atoms with van der Waals surface area (Å²) in [5.41, 5.74) is 1.38. The first-order chi connectivity index (χ1) is 13.8. The SMILES string of the molecule is COc1ccc2ccccc2c1CN1CCN2CCCC2C1C1CCCCC1. The molecule has 1 aliphatic carbocycles. The molecule has 28 heavy (non-hydrogen) atoms. The molecule has 0 N–H and O–H groups in total. The van der Waals surface area contributed by atoms with Crippen molar-refractivity contribution in [2.75, 3.05) is 26.7 Å². The van der Waals surface area contributed by atoms with Gasteiger partial charge in [0.1, 0.15) is 5.75 Å². The van der Waals surface area contributed by atoms with E-state index < -0.39 is 0 Å². The largest absolute Gasteiger partial charge is 0.496 e. The minimum absolute atomic E-state index is 0.722. The average Bonchev–Trinajstić information content (AvgIpc) is 3.23. The van der Waals surface area contributed by atoms with Crippen molar-refractivity contribution in [2.24, 2.45) is 5.92 Å². The summed E-state index contributed by atoms with van der Waals surface area (Å²) in [5.74, 6) is 1.93. The number of ether oxygens (including phenoxy) is 1. The molecule has 0 amide bonds. The molecule has 2 aromatic rings. The molecular formula is C25H34N2O. The van der Waals surface area contributed by atoms with Crippen LogP contribution in [0.3, 0.4) is 0 Å². The van der Waals surface area contributed by atoms with Gasteiger partial charge in [-0.25, -0.2) is 0 Å². The lowest BCUT2D eigenvalue weighted by atomic mass is 9.78. The summed E-state index contributed by atoms with van der Waals surface area (Å²) in [6.07, 6.45) is 9.94. The molecule has 0 aromatic heterocycles. The zero-order chi connectivity index (χ0) is 18.9. The van der Waals surface area contributed by atoms with Gasteiger partial charge in [-0.05, 0) is 55.0 Å². The van der Waals surface area contributed by atoms with Crippen LogP contribution < -0.4 is 4.74 Å². The number of fused-ring (bicyclic) bond motifs is 2. The predicted molar refractivity (Wildman–Crippen MR) is 116 cm³/mol. The second-order valence-corrected chi connectivity index (χ2v) is 9.07. The maximum atomic E-state index is 5.83. The third kappa shape index (κ3) is 3.33. The van der Waals surface area contributed by atoms with Gasteiger partial charge in [0.25, 0.3) is 0 Å². The summed E-state index contributed by atoms with van der Waals surface area (Å²) in [6, 6.07) is 14.7. The Morgan fingerprint density at radius 2 is 1.75 bits per heavy atom. The number of nitrogens with zero attached hydrogens (tertiary/aromatic N) is 2. The molecule has 2 unspecified atom stereocenters. The van der Waals surface area contributed by atoms with E-state index in [4.69, 9.17) is 4.74 Å².